The maximum atomic E-state index is 12.9. The van der Waals surface area contributed by atoms with E-state index in [1.165, 1.54) is 22.7 Å². The third-order valence-electron chi connectivity index (χ3n) is 5.19. The first kappa shape index (κ1) is 20.8. The zero-order valence-electron chi connectivity index (χ0n) is 16.5. The molecule has 0 unspecified atom stereocenters. The summed E-state index contributed by atoms with van der Waals surface area (Å²) in [7, 11) is 0. The number of amides is 2. The van der Waals surface area contributed by atoms with E-state index in [-0.39, 0.29) is 24.1 Å². The maximum absolute atomic E-state index is 12.9. The van der Waals surface area contributed by atoms with Crippen LogP contribution in [-0.2, 0) is 16.0 Å². The fourth-order valence-electron chi connectivity index (χ4n) is 3.43. The third kappa shape index (κ3) is 6.87. The molecule has 2 aromatic rings. The first-order chi connectivity index (χ1) is 14.1. The van der Waals surface area contributed by atoms with Crippen LogP contribution in [0.2, 0.25) is 0 Å². The molecule has 1 heterocycles. The van der Waals surface area contributed by atoms with Crippen LogP contribution in [0.3, 0.4) is 0 Å². The summed E-state index contributed by atoms with van der Waals surface area (Å²) in [6.45, 7) is 4.68. The van der Waals surface area contributed by atoms with Crippen LogP contribution in [0, 0.1) is 5.82 Å². The van der Waals surface area contributed by atoms with Crippen molar-refractivity contribution in [1.29, 1.82) is 0 Å². The van der Waals surface area contributed by atoms with Crippen LogP contribution < -0.4 is 20.7 Å². The van der Waals surface area contributed by atoms with E-state index in [4.69, 9.17) is 0 Å². The quantitative estimate of drug-likeness (QED) is 0.601. The van der Waals surface area contributed by atoms with Crippen molar-refractivity contribution >= 4 is 17.5 Å². The molecule has 0 bridgehead atoms. The molecule has 6 nitrogen and oxygen atoms in total. The van der Waals surface area contributed by atoms with E-state index in [0.29, 0.717) is 12.8 Å². The summed E-state index contributed by atoms with van der Waals surface area (Å²) in [5, 5.41) is 0. The molecule has 0 aromatic heterocycles. The Labute approximate surface area is 170 Å². The van der Waals surface area contributed by atoms with E-state index < -0.39 is 0 Å². The van der Waals surface area contributed by atoms with Crippen LogP contribution in [0.1, 0.15) is 18.4 Å². The van der Waals surface area contributed by atoms with Crippen molar-refractivity contribution in [2.45, 2.75) is 19.3 Å². The molecule has 1 fully saturated rings. The number of hydrogen-bond donors (Lipinski definition) is 3. The predicted octanol–water partition coefficient (Wildman–Crippen LogP) is 0.701. The number of hydrogen-bond acceptors (Lipinski definition) is 3. The number of rotatable bonds is 7. The Hall–Kier alpha value is -2.93. The Kier molecular flexibility index (Phi) is 7.58. The summed E-state index contributed by atoms with van der Waals surface area (Å²) in [6, 6.07) is 16.4. The molecule has 2 amide bonds. The molecule has 1 saturated heterocycles. The van der Waals surface area contributed by atoms with Gasteiger partial charge in [-0.3, -0.25) is 20.4 Å². The number of nitrogens with zero attached hydrogens (tertiary/aromatic N) is 1. The normalized spacial score (nSPS) is 14.4. The van der Waals surface area contributed by atoms with Crippen molar-refractivity contribution in [2.75, 3.05) is 37.6 Å². The number of carbonyl (C=O) groups excluding carboxylic acids is 2. The SMILES string of the molecule is O=C(CCc1ccc(F)cc1)NNC(=O)CC[NH+]1CCN(c2ccccc2)CC1. The number of halogens is 1. The van der Waals surface area contributed by atoms with Gasteiger partial charge in [0.2, 0.25) is 11.8 Å². The molecule has 0 saturated carbocycles. The standard InChI is InChI=1S/C22H27FN4O2/c23-19-9-6-18(7-10-19)8-11-21(28)24-25-22(29)12-13-26-14-16-27(17-15-26)20-4-2-1-3-5-20/h1-7,9-10H,8,11-17H2,(H,24,28)(H,25,29)/p+1. The molecule has 1 aliphatic heterocycles. The second-order valence-corrected chi connectivity index (χ2v) is 7.30. The molecule has 29 heavy (non-hydrogen) atoms. The minimum atomic E-state index is -0.297. The molecule has 154 valence electrons. The molecule has 3 rings (SSSR count). The summed E-state index contributed by atoms with van der Waals surface area (Å²) in [4.78, 5) is 27.6. The first-order valence-electron chi connectivity index (χ1n) is 10.1. The second kappa shape index (κ2) is 10.6. The van der Waals surface area contributed by atoms with Crippen LogP contribution in [0.5, 0.6) is 0 Å². The Morgan fingerprint density at radius 1 is 0.897 bits per heavy atom. The Bertz CT molecular complexity index is 790. The lowest BCUT2D eigenvalue weighted by atomic mass is 10.1. The van der Waals surface area contributed by atoms with Gasteiger partial charge in [-0.1, -0.05) is 30.3 Å². The van der Waals surface area contributed by atoms with Gasteiger partial charge in [-0.15, -0.1) is 0 Å². The van der Waals surface area contributed by atoms with Crippen LogP contribution in [0.15, 0.2) is 54.6 Å². The van der Waals surface area contributed by atoms with Gasteiger partial charge in [0, 0.05) is 12.1 Å². The Morgan fingerprint density at radius 2 is 1.52 bits per heavy atom. The van der Waals surface area contributed by atoms with E-state index in [1.807, 2.05) is 18.2 Å². The third-order valence-corrected chi connectivity index (χ3v) is 5.19. The number of hydrazine groups is 1. The average molecular weight is 399 g/mol. The monoisotopic (exact) mass is 399 g/mol. The van der Waals surface area contributed by atoms with Gasteiger partial charge in [-0.25, -0.2) is 4.39 Å². The highest BCUT2D eigenvalue weighted by Crippen LogP contribution is 2.12. The number of piperazine rings is 1. The number of para-hydroxylation sites is 1. The minimum absolute atomic E-state index is 0.182. The number of carbonyl (C=O) groups is 2. The van der Waals surface area contributed by atoms with Crippen LogP contribution in [0.25, 0.3) is 0 Å². The van der Waals surface area contributed by atoms with Gasteiger partial charge in [-0.2, -0.15) is 0 Å². The zero-order valence-corrected chi connectivity index (χ0v) is 16.5. The van der Waals surface area contributed by atoms with Crippen LogP contribution in [0.4, 0.5) is 10.1 Å². The topological polar surface area (TPSA) is 65.9 Å². The first-order valence-corrected chi connectivity index (χ1v) is 10.1. The fraction of sp³-hybridized carbons (Fsp3) is 0.364. The molecule has 0 aliphatic carbocycles. The van der Waals surface area contributed by atoms with E-state index in [9.17, 15) is 14.0 Å². The molecule has 3 N–H and O–H groups in total. The van der Waals surface area contributed by atoms with Gasteiger partial charge in [0.15, 0.2) is 0 Å². The van der Waals surface area contributed by atoms with Gasteiger partial charge in [0.05, 0.1) is 39.1 Å². The number of anilines is 1. The van der Waals surface area contributed by atoms with Gasteiger partial charge >= 0.3 is 0 Å². The minimum Gasteiger partial charge on any atom is -0.360 e. The Balaban J connectivity index is 1.28. The smallest absolute Gasteiger partial charge is 0.244 e. The molecule has 1 aliphatic rings. The Morgan fingerprint density at radius 3 is 2.17 bits per heavy atom. The van der Waals surface area contributed by atoms with Crippen molar-refractivity contribution in [2.24, 2.45) is 0 Å². The van der Waals surface area contributed by atoms with Crippen molar-refractivity contribution in [3.63, 3.8) is 0 Å². The van der Waals surface area contributed by atoms with Crippen molar-refractivity contribution in [3.8, 4) is 0 Å². The average Bonchev–Trinajstić information content (AvgIpc) is 2.77. The van der Waals surface area contributed by atoms with E-state index in [2.05, 4.69) is 27.9 Å². The summed E-state index contributed by atoms with van der Waals surface area (Å²) in [6.07, 6.45) is 1.11. The highest BCUT2D eigenvalue weighted by atomic mass is 19.1. The van der Waals surface area contributed by atoms with Crippen molar-refractivity contribution < 1.29 is 18.9 Å². The number of benzene rings is 2. The second-order valence-electron chi connectivity index (χ2n) is 7.30. The molecule has 0 atom stereocenters. The molecule has 2 aromatic carbocycles. The largest absolute Gasteiger partial charge is 0.360 e. The van der Waals surface area contributed by atoms with Gasteiger partial charge in [0.25, 0.3) is 0 Å². The lowest BCUT2D eigenvalue weighted by Crippen LogP contribution is -3.15. The van der Waals surface area contributed by atoms with E-state index in [1.54, 1.807) is 12.1 Å². The summed E-state index contributed by atoms with van der Waals surface area (Å²) >= 11 is 0. The van der Waals surface area contributed by atoms with Crippen LogP contribution >= 0.6 is 0 Å². The highest BCUT2D eigenvalue weighted by Gasteiger charge is 2.20. The van der Waals surface area contributed by atoms with E-state index >= 15 is 0 Å². The molecule has 0 radical (unpaired) electrons. The van der Waals surface area contributed by atoms with Crippen molar-refractivity contribution in [1.82, 2.24) is 10.9 Å². The van der Waals surface area contributed by atoms with Gasteiger partial charge < -0.3 is 9.80 Å². The summed E-state index contributed by atoms with van der Waals surface area (Å²) in [5.41, 5.74) is 7.05. The molecular weight excluding hydrogens is 371 g/mol. The lowest BCUT2D eigenvalue weighted by molar-refractivity contribution is -0.900. The van der Waals surface area contributed by atoms with Crippen molar-refractivity contribution in [3.05, 3.63) is 66.0 Å². The lowest BCUT2D eigenvalue weighted by Gasteiger charge is -2.33. The molecular formula is C22H28FN4O2+. The predicted molar refractivity (Wildman–Crippen MR) is 110 cm³/mol. The summed E-state index contributed by atoms with van der Waals surface area (Å²) in [5.74, 6) is -0.737. The zero-order chi connectivity index (χ0) is 20.5. The van der Waals surface area contributed by atoms with Crippen LogP contribution in [-0.4, -0.2) is 44.5 Å². The van der Waals surface area contributed by atoms with Gasteiger partial charge in [-0.05, 0) is 36.2 Å². The number of aryl methyl sites for hydroxylation is 1. The highest BCUT2D eigenvalue weighted by molar-refractivity contribution is 5.82. The fourth-order valence-corrected chi connectivity index (χ4v) is 3.43. The number of quaternary nitrogens is 1. The van der Waals surface area contributed by atoms with Gasteiger partial charge in [0.1, 0.15) is 5.82 Å². The molecule has 7 heteroatoms. The number of nitrogens with one attached hydrogen (secondary N) is 3. The summed E-state index contributed by atoms with van der Waals surface area (Å²) < 4.78 is 12.9. The van der Waals surface area contributed by atoms with E-state index in [0.717, 1.165) is 38.3 Å². The maximum Gasteiger partial charge on any atom is 0.244 e. The molecule has 0 spiro atoms.